The highest BCUT2D eigenvalue weighted by atomic mass is 127. The van der Waals surface area contributed by atoms with Gasteiger partial charge in [-0.1, -0.05) is 24.3 Å². The van der Waals surface area contributed by atoms with E-state index < -0.39 is 0 Å². The fourth-order valence-corrected chi connectivity index (χ4v) is 5.17. The first-order valence-electron chi connectivity index (χ1n) is 8.96. The number of nitrogens with zero attached hydrogens (tertiary/aromatic N) is 2. The summed E-state index contributed by atoms with van der Waals surface area (Å²) >= 11 is 4.19. The zero-order valence-corrected chi connectivity index (χ0v) is 19.8. The van der Waals surface area contributed by atoms with Crippen molar-refractivity contribution >= 4 is 79.1 Å². The first-order chi connectivity index (χ1) is 14.5. The molecule has 30 heavy (non-hydrogen) atoms. The van der Waals surface area contributed by atoms with Crippen LogP contribution in [0.4, 0.5) is 0 Å². The number of phenolic OH excluding ortho intramolecular Hbond substituents is 1. The number of aromatic hydroxyl groups is 1. The van der Waals surface area contributed by atoms with E-state index in [1.807, 2.05) is 69.6 Å². The fourth-order valence-electron chi connectivity index (χ4n) is 3.28. The Labute approximate surface area is 198 Å². The summed E-state index contributed by atoms with van der Waals surface area (Å²) in [6, 6.07) is 18.1. The smallest absolute Gasteiger partial charge is 0.260 e. The van der Waals surface area contributed by atoms with Crippen molar-refractivity contribution < 1.29 is 9.90 Å². The quantitative estimate of drug-likeness (QED) is 0.155. The van der Waals surface area contributed by atoms with Crippen molar-refractivity contribution in [2.24, 2.45) is 5.10 Å². The van der Waals surface area contributed by atoms with Crippen LogP contribution in [0.15, 0.2) is 70.6 Å². The summed E-state index contributed by atoms with van der Waals surface area (Å²) in [7, 11) is 0. The van der Waals surface area contributed by atoms with Crippen LogP contribution in [0, 0.1) is 7.14 Å². The molecule has 0 fully saturated rings. The highest BCUT2D eigenvalue weighted by molar-refractivity contribution is 14.1. The molecule has 0 spiro atoms. The normalized spacial score (nSPS) is 11.4. The van der Waals surface area contributed by atoms with E-state index in [9.17, 15) is 14.7 Å². The monoisotopic (exact) mass is 623 g/mol. The molecule has 0 radical (unpaired) electrons. The Balaban J connectivity index is 1.65. The summed E-state index contributed by atoms with van der Waals surface area (Å²) < 4.78 is 3.47. The van der Waals surface area contributed by atoms with E-state index in [-0.39, 0.29) is 23.6 Å². The predicted octanol–water partition coefficient (Wildman–Crippen LogP) is 4.22. The number of nitrogens with one attached hydrogen (secondary N) is 1. The third-order valence-corrected chi connectivity index (χ3v) is 6.08. The Kier molecular flexibility index (Phi) is 6.04. The molecular formula is C22H15I2N3O3. The van der Waals surface area contributed by atoms with Gasteiger partial charge < -0.3 is 9.67 Å². The largest absolute Gasteiger partial charge is 0.506 e. The maximum Gasteiger partial charge on any atom is 0.260 e. The molecule has 0 saturated carbocycles. The van der Waals surface area contributed by atoms with Crippen LogP contribution in [0.5, 0.6) is 5.75 Å². The number of aromatic nitrogens is 1. The molecule has 2 N–H and O–H groups in total. The number of halogens is 2. The Bertz CT molecular complexity index is 1320. The molecule has 0 bridgehead atoms. The molecule has 1 aromatic heterocycles. The molecule has 4 rings (SSSR count). The van der Waals surface area contributed by atoms with Gasteiger partial charge in [0.25, 0.3) is 5.91 Å². The van der Waals surface area contributed by atoms with E-state index in [1.54, 1.807) is 18.2 Å². The fraction of sp³-hybridized carbons (Fsp3) is 0.0455. The SMILES string of the molecule is O=C(Cn1c2ccccc2c(=O)c2ccccc21)NN=Cc1cc(I)cc(I)c1O. The first kappa shape index (κ1) is 20.8. The third kappa shape index (κ3) is 4.06. The number of para-hydroxylation sites is 2. The highest BCUT2D eigenvalue weighted by Gasteiger charge is 2.12. The summed E-state index contributed by atoms with van der Waals surface area (Å²) in [5, 5.41) is 15.3. The van der Waals surface area contributed by atoms with Gasteiger partial charge in [0, 0.05) is 19.9 Å². The van der Waals surface area contributed by atoms with Crippen LogP contribution in [0.2, 0.25) is 0 Å². The van der Waals surface area contributed by atoms with Gasteiger partial charge in [-0.05, 0) is 81.6 Å². The lowest BCUT2D eigenvalue weighted by molar-refractivity contribution is -0.121. The second-order valence-corrected chi connectivity index (χ2v) is 8.98. The summed E-state index contributed by atoms with van der Waals surface area (Å²) in [4.78, 5) is 25.4. The number of carbonyl (C=O) groups excluding carboxylic acids is 1. The second-order valence-electron chi connectivity index (χ2n) is 6.57. The Morgan fingerprint density at radius 1 is 1.03 bits per heavy atom. The molecule has 3 aromatic carbocycles. The number of carbonyl (C=O) groups is 1. The molecule has 0 aliphatic carbocycles. The molecule has 6 nitrogen and oxygen atoms in total. The third-order valence-electron chi connectivity index (χ3n) is 4.63. The van der Waals surface area contributed by atoms with Crippen LogP contribution in [-0.2, 0) is 11.3 Å². The molecular weight excluding hydrogens is 608 g/mol. The lowest BCUT2D eigenvalue weighted by atomic mass is 10.1. The second kappa shape index (κ2) is 8.72. The van der Waals surface area contributed by atoms with Gasteiger partial charge in [0.1, 0.15) is 12.3 Å². The number of phenols is 1. The van der Waals surface area contributed by atoms with E-state index in [0.717, 1.165) is 3.57 Å². The van der Waals surface area contributed by atoms with Gasteiger partial charge in [-0.2, -0.15) is 5.10 Å². The van der Waals surface area contributed by atoms with E-state index in [2.05, 4.69) is 33.1 Å². The molecule has 1 heterocycles. The zero-order chi connectivity index (χ0) is 21.3. The van der Waals surface area contributed by atoms with Crippen molar-refractivity contribution in [2.75, 3.05) is 0 Å². The minimum Gasteiger partial charge on any atom is -0.506 e. The lowest BCUT2D eigenvalue weighted by Crippen LogP contribution is -2.25. The van der Waals surface area contributed by atoms with Gasteiger partial charge in [-0.25, -0.2) is 5.43 Å². The summed E-state index contributed by atoms with van der Waals surface area (Å²) in [5.74, 6) is -0.226. The van der Waals surface area contributed by atoms with Gasteiger partial charge >= 0.3 is 0 Å². The number of pyridine rings is 1. The van der Waals surface area contributed by atoms with Crippen LogP contribution in [0.3, 0.4) is 0 Å². The Morgan fingerprint density at radius 2 is 1.63 bits per heavy atom. The number of amides is 1. The zero-order valence-electron chi connectivity index (χ0n) is 15.5. The van der Waals surface area contributed by atoms with Gasteiger partial charge in [0.2, 0.25) is 0 Å². The standard InChI is InChI=1S/C22H15I2N3O3/c23-14-9-13(21(29)17(24)10-14)11-25-26-20(28)12-27-18-7-3-1-5-15(18)22(30)16-6-2-4-8-19(16)27/h1-11,29H,12H2,(H,26,28). The van der Waals surface area contributed by atoms with Gasteiger partial charge in [-0.15, -0.1) is 0 Å². The molecule has 0 aliphatic rings. The molecule has 4 aromatic rings. The van der Waals surface area contributed by atoms with E-state index in [4.69, 9.17) is 0 Å². The molecule has 8 heteroatoms. The number of fused-ring (bicyclic) bond motifs is 2. The Hall–Kier alpha value is -2.47. The van der Waals surface area contributed by atoms with E-state index in [0.29, 0.717) is 30.9 Å². The number of rotatable bonds is 4. The molecule has 0 aliphatic heterocycles. The van der Waals surface area contributed by atoms with Crippen molar-refractivity contribution in [2.45, 2.75) is 6.54 Å². The number of benzene rings is 3. The summed E-state index contributed by atoms with van der Waals surface area (Å²) in [6.07, 6.45) is 1.42. The predicted molar refractivity (Wildman–Crippen MR) is 135 cm³/mol. The van der Waals surface area contributed by atoms with Crippen LogP contribution in [0.25, 0.3) is 21.8 Å². The minimum atomic E-state index is -0.343. The van der Waals surface area contributed by atoms with E-state index in [1.165, 1.54) is 6.21 Å². The van der Waals surface area contributed by atoms with Gasteiger partial charge in [-0.3, -0.25) is 9.59 Å². The maximum absolute atomic E-state index is 12.8. The molecule has 150 valence electrons. The summed E-state index contributed by atoms with van der Waals surface area (Å²) in [5.41, 5.74) is 4.34. The lowest BCUT2D eigenvalue weighted by Gasteiger charge is -2.14. The molecule has 0 atom stereocenters. The van der Waals surface area contributed by atoms with Crippen molar-refractivity contribution in [1.82, 2.24) is 9.99 Å². The maximum atomic E-state index is 12.8. The van der Waals surface area contributed by atoms with Crippen LogP contribution in [0.1, 0.15) is 5.56 Å². The molecule has 0 unspecified atom stereocenters. The molecule has 0 saturated heterocycles. The van der Waals surface area contributed by atoms with Gasteiger partial charge in [0.05, 0.1) is 20.8 Å². The van der Waals surface area contributed by atoms with E-state index >= 15 is 0 Å². The Morgan fingerprint density at radius 3 is 2.27 bits per heavy atom. The topological polar surface area (TPSA) is 83.7 Å². The van der Waals surface area contributed by atoms with Crippen molar-refractivity contribution in [3.05, 3.63) is 83.6 Å². The highest BCUT2D eigenvalue weighted by Crippen LogP contribution is 2.25. The van der Waals surface area contributed by atoms with Crippen molar-refractivity contribution in [3.63, 3.8) is 0 Å². The van der Waals surface area contributed by atoms with Crippen LogP contribution < -0.4 is 10.9 Å². The first-order valence-corrected chi connectivity index (χ1v) is 11.1. The average molecular weight is 623 g/mol. The van der Waals surface area contributed by atoms with Gasteiger partial charge in [0.15, 0.2) is 5.43 Å². The summed E-state index contributed by atoms with van der Waals surface area (Å²) in [6.45, 7) is -0.00547. The van der Waals surface area contributed by atoms with Crippen molar-refractivity contribution in [3.8, 4) is 5.75 Å². The van der Waals surface area contributed by atoms with Crippen LogP contribution in [-0.4, -0.2) is 21.8 Å². The molecule has 1 amide bonds. The number of hydrogen-bond acceptors (Lipinski definition) is 4. The van der Waals surface area contributed by atoms with Crippen molar-refractivity contribution in [1.29, 1.82) is 0 Å². The minimum absolute atomic E-state index is 0.00547. The number of hydrazone groups is 1. The number of hydrogen-bond donors (Lipinski definition) is 2. The average Bonchev–Trinajstić information content (AvgIpc) is 2.74. The van der Waals surface area contributed by atoms with Crippen LogP contribution >= 0.6 is 45.2 Å².